The number of nitrogens with one attached hydrogen (secondary N) is 2. The van der Waals surface area contributed by atoms with Gasteiger partial charge in [0.1, 0.15) is 0 Å². The highest BCUT2D eigenvalue weighted by molar-refractivity contribution is 5.53. The summed E-state index contributed by atoms with van der Waals surface area (Å²) in [5.41, 5.74) is 2.92. The molecule has 0 saturated carbocycles. The van der Waals surface area contributed by atoms with E-state index in [-0.39, 0.29) is 5.56 Å². The van der Waals surface area contributed by atoms with Gasteiger partial charge < -0.3 is 5.32 Å². The zero-order valence-electron chi connectivity index (χ0n) is 13.6. The molecule has 2 N–H and O–H groups in total. The van der Waals surface area contributed by atoms with Crippen LogP contribution in [0.1, 0.15) is 37.4 Å². The quantitative estimate of drug-likeness (QED) is 0.891. The Hall–Kier alpha value is -2.14. The van der Waals surface area contributed by atoms with Crippen molar-refractivity contribution in [1.82, 2.24) is 14.9 Å². The van der Waals surface area contributed by atoms with Gasteiger partial charge in [0.05, 0.1) is 0 Å². The number of likely N-dealkylation sites (tertiary alicyclic amines) is 1. The van der Waals surface area contributed by atoms with E-state index in [0.29, 0.717) is 5.95 Å². The molecule has 1 aliphatic rings. The molecule has 0 unspecified atom stereocenters. The van der Waals surface area contributed by atoms with Crippen molar-refractivity contribution >= 4 is 11.6 Å². The number of rotatable bonds is 5. The lowest BCUT2D eigenvalue weighted by molar-refractivity contribution is 0.221. The summed E-state index contributed by atoms with van der Waals surface area (Å²) in [5.74, 6) is 0.498. The minimum Gasteiger partial charge on any atom is -0.326 e. The van der Waals surface area contributed by atoms with Gasteiger partial charge in [-0.2, -0.15) is 0 Å². The van der Waals surface area contributed by atoms with Gasteiger partial charge in [0.15, 0.2) is 0 Å². The van der Waals surface area contributed by atoms with Gasteiger partial charge in [-0.1, -0.05) is 25.5 Å². The van der Waals surface area contributed by atoms with Gasteiger partial charge in [-0.25, -0.2) is 4.98 Å². The number of aromatic amines is 1. The number of hydrogen-bond donors (Lipinski definition) is 2. The Balaban J connectivity index is 1.65. The number of H-pyrrole nitrogens is 1. The predicted molar refractivity (Wildman–Crippen MR) is 93.1 cm³/mol. The number of benzene rings is 1. The molecule has 2 heterocycles. The minimum absolute atomic E-state index is 0.124. The average Bonchev–Trinajstić information content (AvgIpc) is 2.57. The SMILES string of the molecule is CCc1cc(=O)[nH]c(Nc2ccc(CN3CCCCC3)cc2)n1. The van der Waals surface area contributed by atoms with Crippen molar-refractivity contribution < 1.29 is 0 Å². The second-order valence-corrected chi connectivity index (χ2v) is 6.10. The number of aromatic nitrogens is 2. The second-order valence-electron chi connectivity index (χ2n) is 6.10. The topological polar surface area (TPSA) is 61.0 Å². The normalized spacial score (nSPS) is 15.5. The maximum absolute atomic E-state index is 11.6. The largest absolute Gasteiger partial charge is 0.326 e. The molecular formula is C18H24N4O. The van der Waals surface area contributed by atoms with E-state index in [1.165, 1.54) is 44.0 Å². The van der Waals surface area contributed by atoms with Gasteiger partial charge >= 0.3 is 0 Å². The lowest BCUT2D eigenvalue weighted by Gasteiger charge is -2.26. The molecule has 1 aliphatic heterocycles. The van der Waals surface area contributed by atoms with Crippen LogP contribution in [0.15, 0.2) is 35.1 Å². The molecule has 1 aromatic carbocycles. The van der Waals surface area contributed by atoms with Crippen LogP contribution in [0.2, 0.25) is 0 Å². The van der Waals surface area contributed by atoms with Crippen molar-refractivity contribution in [2.75, 3.05) is 18.4 Å². The molecule has 1 aromatic heterocycles. The average molecular weight is 312 g/mol. The van der Waals surface area contributed by atoms with Crippen molar-refractivity contribution in [3.05, 3.63) is 51.9 Å². The Morgan fingerprint density at radius 2 is 1.91 bits per heavy atom. The molecule has 1 fully saturated rings. The Morgan fingerprint density at radius 3 is 2.61 bits per heavy atom. The van der Waals surface area contributed by atoms with Crippen molar-refractivity contribution in [2.45, 2.75) is 39.2 Å². The smallest absolute Gasteiger partial charge is 0.252 e. The van der Waals surface area contributed by atoms with Crippen LogP contribution >= 0.6 is 0 Å². The van der Waals surface area contributed by atoms with E-state index in [2.05, 4.69) is 32.3 Å². The fourth-order valence-electron chi connectivity index (χ4n) is 2.95. The molecule has 0 atom stereocenters. The monoisotopic (exact) mass is 312 g/mol. The first-order valence-electron chi connectivity index (χ1n) is 8.41. The Bertz CT molecular complexity index is 687. The fourth-order valence-corrected chi connectivity index (χ4v) is 2.95. The molecule has 5 nitrogen and oxygen atoms in total. The number of nitrogens with zero attached hydrogens (tertiary/aromatic N) is 2. The van der Waals surface area contributed by atoms with E-state index in [0.717, 1.165) is 24.3 Å². The Kier molecular flexibility index (Phi) is 5.08. The Morgan fingerprint density at radius 1 is 1.17 bits per heavy atom. The van der Waals surface area contributed by atoms with E-state index >= 15 is 0 Å². The highest BCUT2D eigenvalue weighted by atomic mass is 16.1. The first-order chi connectivity index (χ1) is 11.2. The van der Waals surface area contributed by atoms with Crippen LogP contribution < -0.4 is 10.9 Å². The summed E-state index contributed by atoms with van der Waals surface area (Å²) in [6.45, 7) is 5.41. The van der Waals surface area contributed by atoms with E-state index in [4.69, 9.17) is 0 Å². The van der Waals surface area contributed by atoms with Gasteiger partial charge in [0.2, 0.25) is 5.95 Å². The fraction of sp³-hybridized carbons (Fsp3) is 0.444. The molecule has 5 heteroatoms. The summed E-state index contributed by atoms with van der Waals surface area (Å²) in [6.07, 6.45) is 4.73. The molecule has 0 aliphatic carbocycles. The lowest BCUT2D eigenvalue weighted by atomic mass is 10.1. The third kappa shape index (κ3) is 4.42. The first kappa shape index (κ1) is 15.7. The van der Waals surface area contributed by atoms with Crippen molar-refractivity contribution in [1.29, 1.82) is 0 Å². The van der Waals surface area contributed by atoms with Crippen LogP contribution in [-0.4, -0.2) is 28.0 Å². The lowest BCUT2D eigenvalue weighted by Crippen LogP contribution is -2.29. The zero-order chi connectivity index (χ0) is 16.1. The van der Waals surface area contributed by atoms with E-state index in [9.17, 15) is 4.79 Å². The maximum atomic E-state index is 11.6. The van der Waals surface area contributed by atoms with Crippen LogP contribution in [-0.2, 0) is 13.0 Å². The third-order valence-electron chi connectivity index (χ3n) is 4.23. The van der Waals surface area contributed by atoms with E-state index < -0.39 is 0 Å². The summed E-state index contributed by atoms with van der Waals surface area (Å²) < 4.78 is 0. The van der Waals surface area contributed by atoms with Crippen LogP contribution in [0.5, 0.6) is 0 Å². The highest BCUT2D eigenvalue weighted by Crippen LogP contribution is 2.17. The minimum atomic E-state index is -0.124. The summed E-state index contributed by atoms with van der Waals surface area (Å²) in [6, 6.07) is 9.89. The van der Waals surface area contributed by atoms with Crippen molar-refractivity contribution in [3.8, 4) is 0 Å². The molecule has 23 heavy (non-hydrogen) atoms. The van der Waals surface area contributed by atoms with E-state index in [1.807, 2.05) is 19.1 Å². The molecule has 0 amide bonds. The van der Waals surface area contributed by atoms with Gasteiger partial charge in [0.25, 0.3) is 5.56 Å². The molecule has 0 bridgehead atoms. The maximum Gasteiger partial charge on any atom is 0.252 e. The van der Waals surface area contributed by atoms with Crippen molar-refractivity contribution in [3.63, 3.8) is 0 Å². The number of hydrogen-bond acceptors (Lipinski definition) is 4. The second kappa shape index (κ2) is 7.42. The summed E-state index contributed by atoms with van der Waals surface area (Å²) in [7, 11) is 0. The molecule has 1 saturated heterocycles. The van der Waals surface area contributed by atoms with Crippen LogP contribution in [0.4, 0.5) is 11.6 Å². The Labute approximate surface area is 136 Å². The number of anilines is 2. The number of aryl methyl sites for hydroxylation is 1. The van der Waals surface area contributed by atoms with Gasteiger partial charge in [-0.05, 0) is 50.0 Å². The predicted octanol–water partition coefficient (Wildman–Crippen LogP) is 3.06. The summed E-state index contributed by atoms with van der Waals surface area (Å²) in [4.78, 5) is 21.2. The van der Waals surface area contributed by atoms with Gasteiger partial charge in [0, 0.05) is 24.0 Å². The third-order valence-corrected chi connectivity index (χ3v) is 4.23. The molecule has 122 valence electrons. The molecular weight excluding hydrogens is 288 g/mol. The zero-order valence-corrected chi connectivity index (χ0v) is 13.6. The van der Waals surface area contributed by atoms with E-state index in [1.54, 1.807) is 0 Å². The molecule has 0 spiro atoms. The molecule has 2 aromatic rings. The summed E-state index contributed by atoms with van der Waals surface area (Å²) in [5, 5.41) is 3.17. The van der Waals surface area contributed by atoms with Crippen molar-refractivity contribution in [2.24, 2.45) is 0 Å². The van der Waals surface area contributed by atoms with Crippen LogP contribution in [0.25, 0.3) is 0 Å². The number of piperidine rings is 1. The first-order valence-corrected chi connectivity index (χ1v) is 8.41. The van der Waals surface area contributed by atoms with Gasteiger partial charge in [-0.3, -0.25) is 14.7 Å². The van der Waals surface area contributed by atoms with Crippen LogP contribution in [0, 0.1) is 0 Å². The molecule has 3 rings (SSSR count). The van der Waals surface area contributed by atoms with Crippen LogP contribution in [0.3, 0.4) is 0 Å². The highest BCUT2D eigenvalue weighted by Gasteiger charge is 2.10. The standard InChI is InChI=1S/C18H24N4O/c1-2-15-12-17(23)21-18(19-15)20-16-8-6-14(7-9-16)13-22-10-4-3-5-11-22/h6-9,12H,2-5,10-11,13H2,1H3,(H2,19,20,21,23). The van der Waals surface area contributed by atoms with Gasteiger partial charge in [-0.15, -0.1) is 0 Å². The molecule has 0 radical (unpaired) electrons. The summed E-state index contributed by atoms with van der Waals surface area (Å²) >= 11 is 0.